The number of morpholine rings is 1. The summed E-state index contributed by atoms with van der Waals surface area (Å²) < 4.78 is 13.1. The van der Waals surface area contributed by atoms with E-state index >= 15 is 0 Å². The van der Waals surface area contributed by atoms with E-state index in [4.69, 9.17) is 9.47 Å². The number of nitrogens with zero attached hydrogens (tertiary/aromatic N) is 3. The molecule has 5 rings (SSSR count). The number of carbonyl (C=O) groups is 1. The summed E-state index contributed by atoms with van der Waals surface area (Å²) in [6, 6.07) is 19.2. The van der Waals surface area contributed by atoms with E-state index < -0.39 is 0 Å². The van der Waals surface area contributed by atoms with Crippen LogP contribution in [0, 0.1) is 6.92 Å². The Balaban J connectivity index is 1.31. The molecule has 1 aromatic heterocycles. The number of aromatic nitrogens is 2. The highest BCUT2D eigenvalue weighted by Crippen LogP contribution is 2.32. The largest absolute Gasteiger partial charge is 0.487 e. The van der Waals surface area contributed by atoms with E-state index in [9.17, 15) is 10.0 Å². The first-order valence-corrected chi connectivity index (χ1v) is 13.7. The van der Waals surface area contributed by atoms with Crippen molar-refractivity contribution in [3.63, 3.8) is 0 Å². The summed E-state index contributed by atoms with van der Waals surface area (Å²) in [6.07, 6.45) is 1.68. The van der Waals surface area contributed by atoms with Crippen LogP contribution in [0.5, 0.6) is 5.75 Å². The van der Waals surface area contributed by atoms with Gasteiger partial charge in [-0.2, -0.15) is 9.75 Å². The Morgan fingerprint density at radius 1 is 1.05 bits per heavy atom. The Morgan fingerprint density at radius 2 is 1.80 bits per heavy atom. The fraction of sp³-hybridized carbons (Fsp3) is 0.355. The maximum atomic E-state index is 13.2. The number of carbonyl (C=O) groups excluding carboxylic acids is 1. The first-order valence-electron chi connectivity index (χ1n) is 13.7. The SMILES string of the molecule is Cc1ccc(C(C)(C)C)cc1-n1nccc1NC(=O)Nc1ccc(OCC[N+]2(O)CCOCC2)c2ccccc12. The van der Waals surface area contributed by atoms with Crippen LogP contribution in [0.25, 0.3) is 16.5 Å². The van der Waals surface area contributed by atoms with Gasteiger partial charge in [0.25, 0.3) is 0 Å². The van der Waals surface area contributed by atoms with Crippen LogP contribution in [-0.2, 0) is 10.2 Å². The molecule has 0 spiro atoms. The number of nitrogens with one attached hydrogen (secondary N) is 2. The van der Waals surface area contributed by atoms with Gasteiger partial charge in [0, 0.05) is 16.8 Å². The number of aryl methyl sites for hydroxylation is 1. The molecule has 1 fully saturated rings. The van der Waals surface area contributed by atoms with Crippen LogP contribution in [-0.4, -0.2) is 65.1 Å². The predicted molar refractivity (Wildman–Crippen MR) is 157 cm³/mol. The van der Waals surface area contributed by atoms with Gasteiger partial charge >= 0.3 is 6.03 Å². The van der Waals surface area contributed by atoms with Crippen molar-refractivity contribution in [1.29, 1.82) is 0 Å². The van der Waals surface area contributed by atoms with Crippen molar-refractivity contribution in [3.8, 4) is 11.4 Å². The summed E-state index contributed by atoms with van der Waals surface area (Å²) >= 11 is 0. The van der Waals surface area contributed by atoms with Gasteiger partial charge in [0.05, 0.1) is 30.8 Å². The van der Waals surface area contributed by atoms with Crippen molar-refractivity contribution in [2.45, 2.75) is 33.1 Å². The number of hydrogen-bond acceptors (Lipinski definition) is 5. The Kier molecular flexibility index (Phi) is 7.80. The molecule has 0 radical (unpaired) electrons. The summed E-state index contributed by atoms with van der Waals surface area (Å²) in [7, 11) is 0. The quantitative estimate of drug-likeness (QED) is 0.252. The molecule has 0 bridgehead atoms. The average molecular weight is 545 g/mol. The van der Waals surface area contributed by atoms with Gasteiger partial charge in [-0.25, -0.2) is 14.7 Å². The molecule has 0 unspecified atom stereocenters. The molecule has 9 nitrogen and oxygen atoms in total. The molecule has 3 aromatic carbocycles. The standard InChI is InChI=1S/C31H37N5O4/c1-22-9-10-23(31(2,3)4)21-27(22)35-29(13-14-32-35)34-30(37)33-26-11-12-28(25-8-6-5-7-24(25)26)40-20-17-36(38)15-18-39-19-16-36/h5-14,21,38H,15-20H2,1-4H3,(H-,32,33,34,37)/p+1. The summed E-state index contributed by atoms with van der Waals surface area (Å²) in [5.74, 6) is 1.27. The number of urea groups is 1. The molecule has 4 aromatic rings. The molecule has 2 amide bonds. The molecular formula is C31H38N5O4+. The van der Waals surface area contributed by atoms with Crippen molar-refractivity contribution in [2.24, 2.45) is 0 Å². The maximum absolute atomic E-state index is 13.2. The molecule has 0 atom stereocenters. The first-order chi connectivity index (χ1) is 19.1. The van der Waals surface area contributed by atoms with Gasteiger partial charge in [0.2, 0.25) is 0 Å². The summed E-state index contributed by atoms with van der Waals surface area (Å²) in [5.41, 5.74) is 3.82. The number of hydroxylamine groups is 3. The molecule has 210 valence electrons. The predicted octanol–water partition coefficient (Wildman–Crippen LogP) is 5.89. The van der Waals surface area contributed by atoms with Crippen LogP contribution in [0.1, 0.15) is 31.9 Å². The summed E-state index contributed by atoms with van der Waals surface area (Å²) in [4.78, 5) is 13.2. The van der Waals surface area contributed by atoms with Crippen LogP contribution >= 0.6 is 0 Å². The van der Waals surface area contributed by atoms with E-state index in [1.54, 1.807) is 16.9 Å². The highest BCUT2D eigenvalue weighted by Gasteiger charge is 2.29. The lowest BCUT2D eigenvalue weighted by atomic mass is 9.86. The third-order valence-electron chi connectivity index (χ3n) is 7.39. The lowest BCUT2D eigenvalue weighted by Crippen LogP contribution is -2.54. The first kappa shape index (κ1) is 27.6. The zero-order valence-electron chi connectivity index (χ0n) is 23.6. The van der Waals surface area contributed by atoms with Gasteiger partial charge in [-0.1, -0.05) is 57.2 Å². The Labute approximate surface area is 234 Å². The normalized spacial score (nSPS) is 15.1. The molecule has 9 heteroatoms. The molecule has 3 N–H and O–H groups in total. The minimum Gasteiger partial charge on any atom is -0.487 e. The summed E-state index contributed by atoms with van der Waals surface area (Å²) in [6.45, 7) is 11.6. The van der Waals surface area contributed by atoms with Crippen molar-refractivity contribution in [2.75, 3.05) is 50.1 Å². The molecule has 1 saturated heterocycles. The van der Waals surface area contributed by atoms with E-state index in [0.717, 1.165) is 22.0 Å². The Bertz CT molecular complexity index is 1500. The third-order valence-corrected chi connectivity index (χ3v) is 7.39. The van der Waals surface area contributed by atoms with Gasteiger partial charge in [0.15, 0.2) is 0 Å². The third kappa shape index (κ3) is 6.12. The van der Waals surface area contributed by atoms with Crippen molar-refractivity contribution in [3.05, 3.63) is 78.0 Å². The van der Waals surface area contributed by atoms with Gasteiger partial charge in [0.1, 0.15) is 37.8 Å². The van der Waals surface area contributed by atoms with Gasteiger partial charge in [-0.05, 0) is 41.7 Å². The topological polar surface area (TPSA) is 97.6 Å². The fourth-order valence-electron chi connectivity index (χ4n) is 4.90. The van der Waals surface area contributed by atoms with E-state index in [0.29, 0.717) is 56.7 Å². The van der Waals surface area contributed by atoms with Gasteiger partial charge < -0.3 is 14.8 Å². The number of amides is 2. The lowest BCUT2D eigenvalue weighted by molar-refractivity contribution is -1.11. The van der Waals surface area contributed by atoms with Crippen molar-refractivity contribution >= 4 is 28.3 Å². The molecule has 1 aliphatic rings. The zero-order chi connectivity index (χ0) is 28.3. The molecule has 40 heavy (non-hydrogen) atoms. The minimum atomic E-state index is -0.371. The van der Waals surface area contributed by atoms with Gasteiger partial charge in [-0.3, -0.25) is 5.32 Å². The van der Waals surface area contributed by atoms with Crippen LogP contribution in [0.3, 0.4) is 0 Å². The van der Waals surface area contributed by atoms with Gasteiger partial charge in [-0.15, -0.1) is 0 Å². The summed E-state index contributed by atoms with van der Waals surface area (Å²) in [5, 5.41) is 22.9. The van der Waals surface area contributed by atoms with E-state index in [2.05, 4.69) is 54.7 Å². The van der Waals surface area contributed by atoms with E-state index in [1.165, 1.54) is 5.56 Å². The second kappa shape index (κ2) is 11.3. The highest BCUT2D eigenvalue weighted by atomic mass is 16.6. The number of fused-ring (bicyclic) bond motifs is 1. The minimum absolute atomic E-state index is 0.0129. The molecule has 0 saturated carbocycles. The zero-order valence-corrected chi connectivity index (χ0v) is 23.6. The van der Waals surface area contributed by atoms with Crippen molar-refractivity contribution < 1.29 is 24.1 Å². The molecular weight excluding hydrogens is 506 g/mol. The molecule has 2 heterocycles. The second-order valence-electron chi connectivity index (χ2n) is 11.3. The molecule has 0 aliphatic carbocycles. The monoisotopic (exact) mass is 544 g/mol. The molecule has 1 aliphatic heterocycles. The number of quaternary nitrogens is 1. The van der Waals surface area contributed by atoms with Crippen LogP contribution in [0.4, 0.5) is 16.3 Å². The number of ether oxygens (including phenoxy) is 2. The average Bonchev–Trinajstić information content (AvgIpc) is 3.37. The van der Waals surface area contributed by atoms with E-state index in [1.807, 2.05) is 43.3 Å². The maximum Gasteiger partial charge on any atom is 0.324 e. The van der Waals surface area contributed by atoms with Crippen molar-refractivity contribution in [1.82, 2.24) is 9.78 Å². The Hall–Kier alpha value is -3.92. The fourth-order valence-corrected chi connectivity index (χ4v) is 4.90. The van der Waals surface area contributed by atoms with Crippen LogP contribution in [0.15, 0.2) is 66.9 Å². The number of anilines is 2. The van der Waals surface area contributed by atoms with Crippen LogP contribution < -0.4 is 15.4 Å². The van der Waals surface area contributed by atoms with E-state index in [-0.39, 0.29) is 16.1 Å². The second-order valence-corrected chi connectivity index (χ2v) is 11.3. The smallest absolute Gasteiger partial charge is 0.324 e. The number of rotatable bonds is 7. The highest BCUT2D eigenvalue weighted by molar-refractivity contribution is 6.07. The number of benzene rings is 3. The Morgan fingerprint density at radius 3 is 2.55 bits per heavy atom. The number of hydrogen-bond donors (Lipinski definition) is 3. The lowest BCUT2D eigenvalue weighted by Gasteiger charge is -2.33. The van der Waals surface area contributed by atoms with Crippen LogP contribution in [0.2, 0.25) is 0 Å².